The molecule has 0 heterocycles. The van der Waals surface area contributed by atoms with E-state index in [4.69, 9.17) is 0 Å². The molecular weight excluding hydrogens is 184 g/mol. The van der Waals surface area contributed by atoms with Gasteiger partial charge in [0.2, 0.25) is 0 Å². The van der Waals surface area contributed by atoms with Crippen LogP contribution in [-0.2, 0) is 0 Å². The summed E-state index contributed by atoms with van der Waals surface area (Å²) in [6, 6.07) is 0. The molecule has 0 saturated carbocycles. The van der Waals surface area contributed by atoms with Crippen molar-refractivity contribution < 1.29 is 0 Å². The smallest absolute Gasteiger partial charge is 0.127 e. The minimum Gasteiger partial charge on any atom is -0.197 e. The van der Waals surface area contributed by atoms with Crippen molar-refractivity contribution in [2.75, 3.05) is 0 Å². The zero-order valence-corrected chi connectivity index (χ0v) is 10.8. The van der Waals surface area contributed by atoms with Gasteiger partial charge in [0.05, 0.1) is 0 Å². The Morgan fingerprint density at radius 1 is 0.909 bits per heavy atom. The van der Waals surface area contributed by atoms with Crippen LogP contribution in [0.25, 0.3) is 0 Å². The van der Waals surface area contributed by atoms with Gasteiger partial charge in [-0.3, -0.25) is 0 Å². The van der Waals surface area contributed by atoms with Crippen LogP contribution in [0, 0.1) is 0 Å². The van der Waals surface area contributed by atoms with Crippen molar-refractivity contribution >= 4 is 25.1 Å². The van der Waals surface area contributed by atoms with E-state index in [1.165, 1.54) is 0 Å². The summed E-state index contributed by atoms with van der Waals surface area (Å²) in [6.45, 7) is 17.1. The van der Waals surface area contributed by atoms with E-state index in [0.29, 0.717) is 0 Å². The molecule has 0 amide bonds. The Morgan fingerprint density at radius 2 is 1.18 bits per heavy atom. The lowest BCUT2D eigenvalue weighted by Crippen LogP contribution is -2.30. The Morgan fingerprint density at radius 3 is 1.36 bits per heavy atom. The minimum absolute atomic E-state index is 1.16. The molecule has 0 aromatic carbocycles. The fraction of sp³-hybridized carbons (Fsp3) is 0.500. The van der Waals surface area contributed by atoms with Gasteiger partial charge in [-0.25, -0.2) is 0 Å². The second kappa shape index (κ2) is 3.78. The second-order valence-electron chi connectivity index (χ2n) is 3.72. The summed E-state index contributed by atoms with van der Waals surface area (Å²) < 4.78 is 0. The molecule has 64 valence electrons. The summed E-state index contributed by atoms with van der Waals surface area (Å²) in [6.07, 6.45) is 0. The molecule has 0 atom stereocenters. The van der Waals surface area contributed by atoms with E-state index in [1.54, 1.807) is 0 Å². The first-order valence-electron chi connectivity index (χ1n) is 3.80. The fourth-order valence-corrected chi connectivity index (χ4v) is 20.6. The van der Waals surface area contributed by atoms with Crippen LogP contribution < -0.4 is 0 Å². The summed E-state index contributed by atoms with van der Waals surface area (Å²) in [5.74, 6) is 0. The van der Waals surface area contributed by atoms with E-state index >= 15 is 0 Å². The number of hydrogen-bond donors (Lipinski definition) is 0. The predicted molar refractivity (Wildman–Crippen MR) is 62.9 cm³/mol. The summed E-state index contributed by atoms with van der Waals surface area (Å²) >= 11 is 0. The Labute approximate surface area is 76.1 Å². The van der Waals surface area contributed by atoms with E-state index in [2.05, 4.69) is 61.4 Å². The molecule has 0 fully saturated rings. The van der Waals surface area contributed by atoms with Crippen molar-refractivity contribution in [3.05, 3.63) is 24.6 Å². The van der Waals surface area contributed by atoms with Gasteiger partial charge in [0.15, 0.2) is 0 Å². The van der Waals surface area contributed by atoms with Crippen molar-refractivity contribution in [2.24, 2.45) is 0 Å². The van der Waals surface area contributed by atoms with Gasteiger partial charge >= 0.3 is 0 Å². The number of hydrogen-bond acceptors (Lipinski definition) is 1. The Balaban J connectivity index is 4.23. The van der Waals surface area contributed by atoms with Crippen molar-refractivity contribution in [3.63, 3.8) is 0 Å². The molecule has 0 rings (SSSR count). The van der Waals surface area contributed by atoms with Gasteiger partial charge in [0, 0.05) is 0 Å². The zero-order chi connectivity index (χ0) is 9.12. The van der Waals surface area contributed by atoms with Crippen LogP contribution in [0.2, 0.25) is 26.2 Å². The molecule has 0 saturated heterocycles. The molecule has 0 spiro atoms. The van der Waals surface area contributed by atoms with Crippen molar-refractivity contribution in [3.8, 4) is 0 Å². The number of rotatable bonds is 4. The standard InChI is InChI=1S/C8H18SSi2/c1-7-10(3,4)9-11(5,6)8-2/h7-8H,1-2H2,3-6H3. The predicted octanol–water partition coefficient (Wildman–Crippen LogP) is 3.58. The van der Waals surface area contributed by atoms with E-state index < -0.39 is 14.4 Å². The Bertz CT molecular complexity index is 143. The normalized spacial score (nSPS) is 12.7. The molecule has 0 aliphatic rings. The maximum Gasteiger partial charge on any atom is 0.127 e. The molecule has 3 heteroatoms. The topological polar surface area (TPSA) is 0 Å². The first-order chi connectivity index (χ1) is 4.83. The van der Waals surface area contributed by atoms with Gasteiger partial charge in [0.1, 0.15) is 14.4 Å². The van der Waals surface area contributed by atoms with Crippen molar-refractivity contribution in [1.82, 2.24) is 0 Å². The fourth-order valence-electron chi connectivity index (χ4n) is 0.761. The van der Waals surface area contributed by atoms with Gasteiger partial charge in [-0.2, -0.15) is 10.7 Å². The van der Waals surface area contributed by atoms with E-state index in [0.717, 1.165) is 0 Å². The molecule has 0 nitrogen and oxygen atoms in total. The van der Waals surface area contributed by atoms with E-state index in [9.17, 15) is 0 Å². The Hall–Kier alpha value is 0.264. The third-order valence-electron chi connectivity index (χ3n) is 1.51. The lowest BCUT2D eigenvalue weighted by molar-refractivity contribution is 1.94. The average Bonchev–Trinajstić information content (AvgIpc) is 1.86. The molecule has 0 aromatic heterocycles. The van der Waals surface area contributed by atoms with Crippen LogP contribution in [0.4, 0.5) is 0 Å². The molecule has 0 N–H and O–H groups in total. The third-order valence-corrected chi connectivity index (χ3v) is 18.2. The third kappa shape index (κ3) is 4.66. The van der Waals surface area contributed by atoms with E-state index in [-0.39, 0.29) is 0 Å². The van der Waals surface area contributed by atoms with Gasteiger partial charge < -0.3 is 0 Å². The molecule has 0 unspecified atom stereocenters. The second-order valence-corrected chi connectivity index (χ2v) is 19.9. The van der Waals surface area contributed by atoms with Crippen LogP contribution in [0.5, 0.6) is 0 Å². The highest BCUT2D eigenvalue weighted by Gasteiger charge is 2.27. The first kappa shape index (κ1) is 11.3. The highest BCUT2D eigenvalue weighted by atomic mass is 32.5. The van der Waals surface area contributed by atoms with Gasteiger partial charge in [-0.1, -0.05) is 37.6 Å². The molecule has 0 aliphatic heterocycles. The largest absolute Gasteiger partial charge is 0.197 e. The summed E-state index contributed by atoms with van der Waals surface area (Å²) in [4.78, 5) is 0. The average molecular weight is 202 g/mol. The van der Waals surface area contributed by atoms with Crippen LogP contribution in [-0.4, -0.2) is 14.4 Å². The van der Waals surface area contributed by atoms with Crippen LogP contribution in [0.15, 0.2) is 24.6 Å². The lowest BCUT2D eigenvalue weighted by Gasteiger charge is -2.26. The SMILES string of the molecule is C=C[Si](C)(C)S[Si](C)(C)C=C. The first-order valence-corrected chi connectivity index (χ1v) is 12.2. The minimum atomic E-state index is -1.16. The molecule has 0 bridgehead atoms. The highest BCUT2D eigenvalue weighted by Crippen LogP contribution is 2.31. The molecule has 0 aromatic rings. The quantitative estimate of drug-likeness (QED) is 0.628. The maximum atomic E-state index is 3.88. The van der Waals surface area contributed by atoms with Gasteiger partial charge in [-0.15, -0.1) is 13.2 Å². The maximum absolute atomic E-state index is 3.88. The molecule has 0 aliphatic carbocycles. The van der Waals surface area contributed by atoms with Crippen LogP contribution >= 0.6 is 10.7 Å². The van der Waals surface area contributed by atoms with Gasteiger partial charge in [0.25, 0.3) is 0 Å². The summed E-state index contributed by atoms with van der Waals surface area (Å²) in [5, 5.41) is 0. The molecule has 11 heavy (non-hydrogen) atoms. The lowest BCUT2D eigenvalue weighted by atomic mass is 11.3. The highest BCUT2D eigenvalue weighted by molar-refractivity contribution is 8.50. The van der Waals surface area contributed by atoms with Crippen LogP contribution in [0.3, 0.4) is 0 Å². The monoisotopic (exact) mass is 202 g/mol. The molecular formula is C8H18SSi2. The van der Waals surface area contributed by atoms with Gasteiger partial charge in [-0.05, 0) is 0 Å². The van der Waals surface area contributed by atoms with E-state index in [1.807, 2.05) is 0 Å². The summed E-state index contributed by atoms with van der Waals surface area (Å²) in [7, 11) is -0.179. The summed E-state index contributed by atoms with van der Waals surface area (Å²) in [5.41, 5.74) is 4.30. The zero-order valence-electron chi connectivity index (χ0n) is 7.98. The van der Waals surface area contributed by atoms with Crippen molar-refractivity contribution in [2.45, 2.75) is 26.2 Å². The van der Waals surface area contributed by atoms with Crippen LogP contribution in [0.1, 0.15) is 0 Å². The Kier molecular flexibility index (Phi) is 3.87. The molecule has 0 radical (unpaired) electrons. The van der Waals surface area contributed by atoms with Crippen molar-refractivity contribution in [1.29, 1.82) is 0 Å².